The average molecular weight is 331 g/mol. The minimum Gasteiger partial charge on any atom is -0.299 e. The first-order chi connectivity index (χ1) is 12.2. The molecule has 0 radical (unpaired) electrons. The number of amides is 2. The molecule has 0 N–H and O–H groups in total. The van der Waals surface area contributed by atoms with Gasteiger partial charge in [0.1, 0.15) is 5.78 Å². The number of hydrogen-bond acceptors (Lipinski definition) is 3. The first kappa shape index (κ1) is 14.6. The number of likely N-dealkylation sites (tertiary alicyclic amines) is 1. The Hall–Kier alpha value is -2.75. The van der Waals surface area contributed by atoms with E-state index in [9.17, 15) is 14.4 Å². The first-order valence-electron chi connectivity index (χ1n) is 8.67. The third-order valence-corrected chi connectivity index (χ3v) is 5.96. The van der Waals surface area contributed by atoms with Crippen molar-refractivity contribution in [3.05, 3.63) is 71.3 Å². The molecule has 0 unspecified atom stereocenters. The molecule has 2 amide bonds. The second-order valence-corrected chi connectivity index (χ2v) is 7.18. The van der Waals surface area contributed by atoms with Gasteiger partial charge >= 0.3 is 0 Å². The van der Waals surface area contributed by atoms with Crippen LogP contribution in [-0.4, -0.2) is 22.5 Å². The van der Waals surface area contributed by atoms with Gasteiger partial charge in [-0.3, -0.25) is 19.3 Å². The van der Waals surface area contributed by atoms with E-state index in [-0.39, 0.29) is 36.0 Å². The van der Waals surface area contributed by atoms with Crippen LogP contribution in [0.5, 0.6) is 0 Å². The number of ketones is 1. The third-order valence-electron chi connectivity index (χ3n) is 5.96. The molecule has 2 aromatic rings. The fraction of sp³-hybridized carbons (Fsp3) is 0.286. The molecule has 3 aliphatic carbocycles. The molecule has 25 heavy (non-hydrogen) atoms. The topological polar surface area (TPSA) is 54.5 Å². The van der Waals surface area contributed by atoms with Crippen LogP contribution >= 0.6 is 0 Å². The van der Waals surface area contributed by atoms with E-state index in [1.165, 1.54) is 4.90 Å². The molecule has 1 aliphatic heterocycles. The van der Waals surface area contributed by atoms with E-state index in [1.807, 2.05) is 54.6 Å². The van der Waals surface area contributed by atoms with Crippen LogP contribution in [0.25, 0.3) is 0 Å². The Bertz CT molecular complexity index is 904. The highest BCUT2D eigenvalue weighted by molar-refractivity contribution is 6.11. The van der Waals surface area contributed by atoms with Crippen molar-refractivity contribution in [3.63, 3.8) is 0 Å². The Morgan fingerprint density at radius 3 is 2.20 bits per heavy atom. The number of nitrogens with zero attached hydrogens (tertiary/aromatic N) is 1. The summed E-state index contributed by atoms with van der Waals surface area (Å²) in [5.74, 6) is -1.70. The van der Waals surface area contributed by atoms with Crippen LogP contribution < -0.4 is 0 Å². The van der Waals surface area contributed by atoms with Crippen molar-refractivity contribution < 1.29 is 14.4 Å². The smallest absolute Gasteiger partial charge is 0.234 e. The number of rotatable bonds is 2. The highest BCUT2D eigenvalue weighted by Gasteiger charge is 2.62. The predicted molar refractivity (Wildman–Crippen MR) is 90.5 cm³/mol. The van der Waals surface area contributed by atoms with E-state index in [0.29, 0.717) is 6.42 Å². The molecule has 6 rings (SSSR count). The standard InChI is InChI=1S/C21H17NO3/c23-16-10-15-13-8-4-5-9-14(13)17(16)19-18(15)20(24)22(21(19)25)11-12-6-2-1-3-7-12/h1-9,15,17-19H,10-11H2/t15-,17-,18+,19+/m0/s1. The Labute approximate surface area is 145 Å². The Morgan fingerprint density at radius 1 is 0.800 bits per heavy atom. The SMILES string of the molecule is O=C1C[C@H]2c3ccccc3[C@@H]1[C@H]1C(=O)N(Cc3ccccc3)C(=O)[C@@H]12. The summed E-state index contributed by atoms with van der Waals surface area (Å²) in [6, 6.07) is 17.3. The number of hydrogen-bond donors (Lipinski definition) is 0. The van der Waals surface area contributed by atoms with Gasteiger partial charge in [0.2, 0.25) is 11.8 Å². The Kier molecular flexibility index (Phi) is 2.99. The van der Waals surface area contributed by atoms with E-state index in [0.717, 1.165) is 16.7 Å². The van der Waals surface area contributed by atoms with Crippen molar-refractivity contribution in [1.82, 2.24) is 4.90 Å². The Morgan fingerprint density at radius 2 is 1.44 bits per heavy atom. The monoisotopic (exact) mass is 331 g/mol. The summed E-state index contributed by atoms with van der Waals surface area (Å²) < 4.78 is 0. The molecule has 4 atom stereocenters. The van der Waals surface area contributed by atoms with Gasteiger partial charge in [0.25, 0.3) is 0 Å². The summed E-state index contributed by atoms with van der Waals surface area (Å²) in [6.45, 7) is 0.287. The van der Waals surface area contributed by atoms with Gasteiger partial charge in [0, 0.05) is 12.3 Å². The molecule has 124 valence electrons. The number of fused-ring (bicyclic) bond motifs is 1. The molecule has 2 aromatic carbocycles. The molecular formula is C21H17NO3. The molecule has 0 aromatic heterocycles. The van der Waals surface area contributed by atoms with Crippen LogP contribution in [0.15, 0.2) is 54.6 Å². The van der Waals surface area contributed by atoms with Gasteiger partial charge in [-0.05, 0) is 16.7 Å². The van der Waals surface area contributed by atoms with Gasteiger partial charge in [-0.15, -0.1) is 0 Å². The average Bonchev–Trinajstić information content (AvgIpc) is 2.89. The molecule has 2 bridgehead atoms. The summed E-state index contributed by atoms with van der Waals surface area (Å²) in [4.78, 5) is 40.1. The van der Waals surface area contributed by atoms with Crippen LogP contribution in [0, 0.1) is 11.8 Å². The highest BCUT2D eigenvalue weighted by Crippen LogP contribution is 2.57. The molecule has 4 heteroatoms. The minimum absolute atomic E-state index is 0.104. The van der Waals surface area contributed by atoms with Crippen molar-refractivity contribution in [2.45, 2.75) is 24.8 Å². The molecule has 1 heterocycles. The van der Waals surface area contributed by atoms with Crippen molar-refractivity contribution in [2.24, 2.45) is 11.8 Å². The van der Waals surface area contributed by atoms with Crippen LogP contribution in [0.1, 0.15) is 34.9 Å². The highest BCUT2D eigenvalue weighted by atomic mass is 16.2. The second kappa shape index (κ2) is 5.12. The lowest BCUT2D eigenvalue weighted by molar-refractivity contribution is -0.141. The van der Waals surface area contributed by atoms with Crippen molar-refractivity contribution in [3.8, 4) is 0 Å². The van der Waals surface area contributed by atoms with E-state index in [2.05, 4.69) is 0 Å². The van der Waals surface area contributed by atoms with Gasteiger partial charge < -0.3 is 0 Å². The summed E-state index contributed by atoms with van der Waals surface area (Å²) in [5.41, 5.74) is 2.96. The number of carbonyl (C=O) groups is 3. The maximum atomic E-state index is 13.1. The Balaban J connectivity index is 1.57. The zero-order valence-electron chi connectivity index (χ0n) is 13.6. The minimum atomic E-state index is -0.516. The van der Waals surface area contributed by atoms with Crippen LogP contribution in [0.3, 0.4) is 0 Å². The second-order valence-electron chi connectivity index (χ2n) is 7.18. The van der Waals surface area contributed by atoms with Crippen LogP contribution in [0.2, 0.25) is 0 Å². The van der Waals surface area contributed by atoms with Crippen LogP contribution in [-0.2, 0) is 20.9 Å². The van der Waals surface area contributed by atoms with Crippen LogP contribution in [0.4, 0.5) is 0 Å². The van der Waals surface area contributed by atoms with E-state index < -0.39 is 11.8 Å². The largest absolute Gasteiger partial charge is 0.299 e. The van der Waals surface area contributed by atoms with E-state index >= 15 is 0 Å². The lowest BCUT2D eigenvalue weighted by atomic mass is 9.56. The molecule has 1 saturated heterocycles. The summed E-state index contributed by atoms with van der Waals surface area (Å²) in [7, 11) is 0. The molecule has 2 fully saturated rings. The van der Waals surface area contributed by atoms with Gasteiger partial charge in [-0.1, -0.05) is 54.6 Å². The zero-order chi connectivity index (χ0) is 17.1. The lowest BCUT2D eigenvalue weighted by Gasteiger charge is -2.43. The molecule has 4 aliphatic rings. The zero-order valence-corrected chi connectivity index (χ0v) is 13.6. The maximum absolute atomic E-state index is 13.1. The molecule has 0 spiro atoms. The number of carbonyl (C=O) groups excluding carboxylic acids is 3. The van der Waals surface area contributed by atoms with Crippen molar-refractivity contribution in [1.29, 1.82) is 0 Å². The number of Topliss-reactive ketones (excluding diaryl/α,β-unsaturated/α-hetero) is 1. The lowest BCUT2D eigenvalue weighted by Crippen LogP contribution is -2.44. The predicted octanol–water partition coefficient (Wildman–Crippen LogP) is 2.64. The normalized spacial score (nSPS) is 29.8. The van der Waals surface area contributed by atoms with Gasteiger partial charge in [-0.25, -0.2) is 0 Å². The summed E-state index contributed by atoms with van der Waals surface area (Å²) in [6.07, 6.45) is 0.376. The molecule has 4 nitrogen and oxygen atoms in total. The summed E-state index contributed by atoms with van der Waals surface area (Å²) in [5, 5.41) is 0. The maximum Gasteiger partial charge on any atom is 0.234 e. The van der Waals surface area contributed by atoms with Crippen molar-refractivity contribution in [2.75, 3.05) is 0 Å². The summed E-state index contributed by atoms with van der Waals surface area (Å²) >= 11 is 0. The van der Waals surface area contributed by atoms with Gasteiger partial charge in [0.05, 0.1) is 24.3 Å². The first-order valence-corrected chi connectivity index (χ1v) is 8.67. The van der Waals surface area contributed by atoms with E-state index in [1.54, 1.807) is 0 Å². The van der Waals surface area contributed by atoms with Gasteiger partial charge in [-0.2, -0.15) is 0 Å². The molecule has 1 saturated carbocycles. The molecular weight excluding hydrogens is 314 g/mol. The van der Waals surface area contributed by atoms with Gasteiger partial charge in [0.15, 0.2) is 0 Å². The fourth-order valence-corrected chi connectivity index (χ4v) is 4.94. The third kappa shape index (κ3) is 1.91. The number of imide groups is 1. The quantitative estimate of drug-likeness (QED) is 0.795. The van der Waals surface area contributed by atoms with E-state index in [4.69, 9.17) is 0 Å². The number of benzene rings is 2. The fourth-order valence-electron chi connectivity index (χ4n) is 4.94. The van der Waals surface area contributed by atoms with Crippen molar-refractivity contribution >= 4 is 17.6 Å².